The van der Waals surface area contributed by atoms with Gasteiger partial charge in [0.1, 0.15) is 6.17 Å². The molecular weight excluding hydrogens is 284 g/mol. The van der Waals surface area contributed by atoms with Crippen LogP contribution < -0.4 is 5.32 Å². The Kier molecular flexibility index (Phi) is 4.51. The number of rotatable bonds is 6. The number of benzene rings is 1. The van der Waals surface area contributed by atoms with Crippen LogP contribution >= 0.6 is 11.6 Å². The second kappa shape index (κ2) is 6.37. The van der Waals surface area contributed by atoms with Crippen LogP contribution in [0.2, 0.25) is 5.02 Å². The van der Waals surface area contributed by atoms with Crippen molar-refractivity contribution in [1.29, 1.82) is 0 Å². The number of unbranched alkanes of at least 4 members (excludes halogenated alkanes) is 1. The molecule has 0 aromatic heterocycles. The molecule has 1 amide bonds. The first-order valence-electron chi connectivity index (χ1n) is 8.01. The van der Waals surface area contributed by atoms with Crippen LogP contribution in [0.25, 0.3) is 0 Å². The minimum absolute atomic E-state index is 0.0113. The summed E-state index contributed by atoms with van der Waals surface area (Å²) in [4.78, 5) is 14.7. The molecule has 1 aromatic rings. The van der Waals surface area contributed by atoms with Gasteiger partial charge >= 0.3 is 0 Å². The van der Waals surface area contributed by atoms with Crippen LogP contribution in [0.1, 0.15) is 50.8 Å². The van der Waals surface area contributed by atoms with E-state index < -0.39 is 0 Å². The minimum atomic E-state index is -0.0237. The lowest BCUT2D eigenvalue weighted by atomic mass is 10.1. The molecule has 3 rings (SSSR count). The van der Waals surface area contributed by atoms with Gasteiger partial charge in [0.2, 0.25) is 5.91 Å². The van der Waals surface area contributed by atoms with Crippen molar-refractivity contribution < 1.29 is 4.79 Å². The number of hydrogen-bond acceptors (Lipinski definition) is 2. The van der Waals surface area contributed by atoms with Gasteiger partial charge in [-0.1, -0.05) is 43.5 Å². The SMILES string of the molecule is CCCCC1NC(c2ccc(Cl)cc2)N(CC2CC2)C1=O. The van der Waals surface area contributed by atoms with Crippen LogP contribution in [-0.2, 0) is 4.79 Å². The smallest absolute Gasteiger partial charge is 0.241 e. The Morgan fingerprint density at radius 1 is 1.29 bits per heavy atom. The van der Waals surface area contributed by atoms with Crippen LogP contribution in [0, 0.1) is 5.92 Å². The van der Waals surface area contributed by atoms with Gasteiger partial charge in [0.15, 0.2) is 0 Å². The number of halogens is 1. The van der Waals surface area contributed by atoms with Gasteiger partial charge in [0.25, 0.3) is 0 Å². The van der Waals surface area contributed by atoms with E-state index in [0.29, 0.717) is 5.92 Å². The largest absolute Gasteiger partial charge is 0.321 e. The summed E-state index contributed by atoms with van der Waals surface area (Å²) in [6.45, 7) is 3.06. The zero-order chi connectivity index (χ0) is 14.8. The maximum atomic E-state index is 12.7. The standard InChI is InChI=1S/C17H23ClN2O/c1-2-3-4-15-17(21)20(11-12-5-6-12)16(19-15)13-7-9-14(18)10-8-13/h7-10,12,15-16,19H,2-6,11H2,1H3. The number of nitrogens with zero attached hydrogens (tertiary/aromatic N) is 1. The molecule has 114 valence electrons. The predicted octanol–water partition coefficient (Wildman–Crippen LogP) is 3.74. The zero-order valence-corrected chi connectivity index (χ0v) is 13.3. The first kappa shape index (κ1) is 14.9. The van der Waals surface area contributed by atoms with Crippen molar-refractivity contribution in [2.75, 3.05) is 6.54 Å². The molecule has 2 atom stereocenters. The number of amides is 1. The van der Waals surface area contributed by atoms with Crippen molar-refractivity contribution in [2.24, 2.45) is 5.92 Å². The summed E-state index contributed by atoms with van der Waals surface area (Å²) in [5, 5.41) is 4.26. The van der Waals surface area contributed by atoms with E-state index in [4.69, 9.17) is 11.6 Å². The Hall–Kier alpha value is -1.06. The molecule has 0 bridgehead atoms. The fourth-order valence-corrected chi connectivity index (χ4v) is 3.12. The third-order valence-corrected chi connectivity index (χ3v) is 4.69. The first-order chi connectivity index (χ1) is 10.2. The van der Waals surface area contributed by atoms with E-state index in [1.807, 2.05) is 29.2 Å². The van der Waals surface area contributed by atoms with Crippen LogP contribution in [0.15, 0.2) is 24.3 Å². The van der Waals surface area contributed by atoms with Gasteiger partial charge in [-0.2, -0.15) is 0 Å². The highest BCUT2D eigenvalue weighted by Crippen LogP contribution is 2.35. The highest BCUT2D eigenvalue weighted by Gasteiger charge is 2.41. The van der Waals surface area contributed by atoms with E-state index in [9.17, 15) is 4.79 Å². The summed E-state index contributed by atoms with van der Waals surface area (Å²) in [5.74, 6) is 0.978. The summed E-state index contributed by atoms with van der Waals surface area (Å²) < 4.78 is 0. The molecule has 1 saturated heterocycles. The number of nitrogens with one attached hydrogen (secondary N) is 1. The maximum absolute atomic E-state index is 12.7. The molecule has 2 fully saturated rings. The summed E-state index contributed by atoms with van der Waals surface area (Å²) in [5.41, 5.74) is 1.13. The topological polar surface area (TPSA) is 32.3 Å². The molecule has 2 unspecified atom stereocenters. The second-order valence-corrected chi connectivity index (χ2v) is 6.69. The van der Waals surface area contributed by atoms with Crippen molar-refractivity contribution in [3.05, 3.63) is 34.9 Å². The Labute approximate surface area is 131 Å². The molecule has 21 heavy (non-hydrogen) atoms. The third kappa shape index (κ3) is 3.41. The van der Waals surface area contributed by atoms with Gasteiger partial charge in [0.05, 0.1) is 6.04 Å². The number of carbonyl (C=O) groups excluding carboxylic acids is 1. The molecule has 1 aromatic carbocycles. The van der Waals surface area contributed by atoms with Crippen molar-refractivity contribution in [3.63, 3.8) is 0 Å². The minimum Gasteiger partial charge on any atom is -0.321 e. The van der Waals surface area contributed by atoms with Crippen LogP contribution in [0.4, 0.5) is 0 Å². The van der Waals surface area contributed by atoms with Crippen molar-refractivity contribution in [3.8, 4) is 0 Å². The van der Waals surface area contributed by atoms with Crippen molar-refractivity contribution >= 4 is 17.5 Å². The van der Waals surface area contributed by atoms with Gasteiger partial charge in [0, 0.05) is 11.6 Å². The van der Waals surface area contributed by atoms with Gasteiger partial charge in [-0.25, -0.2) is 0 Å². The van der Waals surface area contributed by atoms with Crippen molar-refractivity contribution in [2.45, 2.75) is 51.2 Å². The summed E-state index contributed by atoms with van der Waals surface area (Å²) in [6, 6.07) is 7.82. The van der Waals surface area contributed by atoms with Gasteiger partial charge < -0.3 is 4.90 Å². The molecule has 1 aliphatic carbocycles. The quantitative estimate of drug-likeness (QED) is 0.868. The van der Waals surface area contributed by atoms with E-state index >= 15 is 0 Å². The highest BCUT2D eigenvalue weighted by molar-refractivity contribution is 6.30. The molecule has 1 heterocycles. The van der Waals surface area contributed by atoms with Gasteiger partial charge in [-0.15, -0.1) is 0 Å². The van der Waals surface area contributed by atoms with E-state index in [2.05, 4.69) is 12.2 Å². The first-order valence-corrected chi connectivity index (χ1v) is 8.39. The van der Waals surface area contributed by atoms with Crippen molar-refractivity contribution in [1.82, 2.24) is 10.2 Å². The normalized spacial score (nSPS) is 25.6. The highest BCUT2D eigenvalue weighted by atomic mass is 35.5. The average Bonchev–Trinajstić information content (AvgIpc) is 3.25. The van der Waals surface area contributed by atoms with E-state index in [-0.39, 0.29) is 18.1 Å². The van der Waals surface area contributed by atoms with Crippen LogP contribution in [0.3, 0.4) is 0 Å². The monoisotopic (exact) mass is 306 g/mol. The van der Waals surface area contributed by atoms with E-state index in [1.54, 1.807) is 0 Å². The zero-order valence-electron chi connectivity index (χ0n) is 12.5. The lowest BCUT2D eigenvalue weighted by Crippen LogP contribution is -2.32. The van der Waals surface area contributed by atoms with E-state index in [1.165, 1.54) is 12.8 Å². The lowest BCUT2D eigenvalue weighted by Gasteiger charge is -2.24. The van der Waals surface area contributed by atoms with Gasteiger partial charge in [-0.3, -0.25) is 10.1 Å². The summed E-state index contributed by atoms with van der Waals surface area (Å²) in [7, 11) is 0. The fourth-order valence-electron chi connectivity index (χ4n) is 2.99. The van der Waals surface area contributed by atoms with Crippen LogP contribution in [-0.4, -0.2) is 23.4 Å². The van der Waals surface area contributed by atoms with Gasteiger partial charge in [-0.05, 0) is 42.9 Å². The molecule has 1 N–H and O–H groups in total. The average molecular weight is 307 g/mol. The molecule has 1 saturated carbocycles. The van der Waals surface area contributed by atoms with E-state index in [0.717, 1.165) is 36.4 Å². The second-order valence-electron chi connectivity index (χ2n) is 6.25. The molecule has 4 heteroatoms. The Balaban J connectivity index is 1.77. The number of hydrogen-bond donors (Lipinski definition) is 1. The molecular formula is C17H23ClN2O. The predicted molar refractivity (Wildman–Crippen MR) is 85.1 cm³/mol. The summed E-state index contributed by atoms with van der Waals surface area (Å²) in [6.07, 6.45) is 5.68. The Bertz CT molecular complexity index is 498. The lowest BCUT2D eigenvalue weighted by molar-refractivity contribution is -0.130. The fraction of sp³-hybridized carbons (Fsp3) is 0.588. The molecule has 0 radical (unpaired) electrons. The maximum Gasteiger partial charge on any atom is 0.241 e. The third-order valence-electron chi connectivity index (χ3n) is 4.44. The Morgan fingerprint density at radius 2 is 2.00 bits per heavy atom. The molecule has 2 aliphatic rings. The summed E-state index contributed by atoms with van der Waals surface area (Å²) >= 11 is 5.97. The Morgan fingerprint density at radius 3 is 2.62 bits per heavy atom. The number of carbonyl (C=O) groups is 1. The molecule has 1 aliphatic heterocycles. The molecule has 3 nitrogen and oxygen atoms in total. The molecule has 0 spiro atoms. The van der Waals surface area contributed by atoms with Crippen LogP contribution in [0.5, 0.6) is 0 Å².